The predicted molar refractivity (Wildman–Crippen MR) is 99.6 cm³/mol. The first-order valence-electron chi connectivity index (χ1n) is 8.29. The summed E-state index contributed by atoms with van der Waals surface area (Å²) < 4.78 is 0. The number of carbonyl (C=O) groups is 1. The molecule has 1 aliphatic rings. The van der Waals surface area contributed by atoms with Gasteiger partial charge in [-0.1, -0.05) is 18.2 Å². The molecule has 0 fully saturated rings. The minimum atomic E-state index is -0.181. The SMILES string of the molecule is O=C1Nc2ccccc2CCCCN1c1cnc(-c2cn[nH]c2)cn1.[HH].[HH]. The van der Waals surface area contributed by atoms with Crippen molar-refractivity contribution in [3.05, 3.63) is 54.6 Å². The number of amides is 2. The lowest BCUT2D eigenvalue weighted by Gasteiger charge is -2.21. The van der Waals surface area contributed by atoms with Gasteiger partial charge in [-0.15, -0.1) is 0 Å². The Morgan fingerprint density at radius 2 is 2.00 bits per heavy atom. The summed E-state index contributed by atoms with van der Waals surface area (Å²) in [7, 11) is 0. The molecule has 0 unspecified atom stereocenters. The second-order valence-corrected chi connectivity index (χ2v) is 5.94. The number of nitrogens with one attached hydrogen (secondary N) is 2. The number of nitrogens with zero attached hydrogens (tertiary/aromatic N) is 4. The van der Waals surface area contributed by atoms with E-state index in [1.165, 1.54) is 5.56 Å². The average molecular weight is 338 g/mol. The fourth-order valence-electron chi connectivity index (χ4n) is 2.95. The number of carbonyl (C=O) groups excluding carboxylic acids is 1. The van der Waals surface area contributed by atoms with E-state index in [9.17, 15) is 4.79 Å². The van der Waals surface area contributed by atoms with Gasteiger partial charge in [0, 0.05) is 26.8 Å². The number of aryl methyl sites for hydroxylation is 1. The Morgan fingerprint density at radius 1 is 1.08 bits per heavy atom. The topological polar surface area (TPSA) is 86.8 Å². The Bertz CT molecular complexity index is 870. The van der Waals surface area contributed by atoms with Crippen molar-refractivity contribution in [2.45, 2.75) is 19.3 Å². The van der Waals surface area contributed by atoms with Gasteiger partial charge in [-0.3, -0.25) is 15.0 Å². The highest BCUT2D eigenvalue weighted by Gasteiger charge is 2.20. The van der Waals surface area contributed by atoms with Gasteiger partial charge in [-0.05, 0) is 30.9 Å². The lowest BCUT2D eigenvalue weighted by molar-refractivity contribution is 0.256. The zero-order valence-corrected chi connectivity index (χ0v) is 13.6. The second kappa shape index (κ2) is 6.72. The lowest BCUT2D eigenvalue weighted by atomic mass is 10.1. The molecule has 7 heteroatoms. The molecular formula is C18H22N6O. The lowest BCUT2D eigenvalue weighted by Crippen LogP contribution is -2.36. The number of anilines is 2. The van der Waals surface area contributed by atoms with Crippen molar-refractivity contribution in [2.24, 2.45) is 0 Å². The molecule has 25 heavy (non-hydrogen) atoms. The highest BCUT2D eigenvalue weighted by Crippen LogP contribution is 2.23. The van der Waals surface area contributed by atoms with Crippen LogP contribution in [0.5, 0.6) is 0 Å². The molecule has 0 radical (unpaired) electrons. The smallest absolute Gasteiger partial charge is 0.307 e. The van der Waals surface area contributed by atoms with Gasteiger partial charge in [0.05, 0.1) is 24.3 Å². The molecule has 0 bridgehead atoms. The van der Waals surface area contributed by atoms with Gasteiger partial charge in [0.15, 0.2) is 5.82 Å². The summed E-state index contributed by atoms with van der Waals surface area (Å²) in [6.07, 6.45) is 9.62. The Balaban J connectivity index is 0.00000131. The molecule has 0 saturated carbocycles. The maximum atomic E-state index is 12.7. The van der Waals surface area contributed by atoms with Crippen LogP contribution in [0.1, 0.15) is 21.3 Å². The first-order chi connectivity index (χ1) is 12.3. The molecule has 0 atom stereocenters. The van der Waals surface area contributed by atoms with Gasteiger partial charge in [0.25, 0.3) is 0 Å². The number of urea groups is 1. The van der Waals surface area contributed by atoms with Crippen molar-refractivity contribution in [1.82, 2.24) is 20.2 Å². The summed E-state index contributed by atoms with van der Waals surface area (Å²) in [5, 5.41) is 9.66. The molecule has 0 aliphatic carbocycles. The summed E-state index contributed by atoms with van der Waals surface area (Å²) in [6.45, 7) is 0.611. The van der Waals surface area contributed by atoms with Crippen LogP contribution in [0.3, 0.4) is 0 Å². The number of aromatic nitrogens is 4. The van der Waals surface area contributed by atoms with Gasteiger partial charge in [-0.25, -0.2) is 9.78 Å². The van der Waals surface area contributed by atoms with Crippen LogP contribution in [-0.2, 0) is 6.42 Å². The zero-order chi connectivity index (χ0) is 17.1. The minimum Gasteiger partial charge on any atom is -0.307 e. The summed E-state index contributed by atoms with van der Waals surface area (Å²) in [5.41, 5.74) is 3.61. The summed E-state index contributed by atoms with van der Waals surface area (Å²) in [4.78, 5) is 23.2. The fraction of sp³-hybridized carbons (Fsp3) is 0.222. The number of hydrogen-bond donors (Lipinski definition) is 2. The van der Waals surface area contributed by atoms with Crippen LogP contribution in [0.15, 0.2) is 49.1 Å². The molecule has 3 heterocycles. The molecule has 2 aromatic heterocycles. The van der Waals surface area contributed by atoms with Crippen LogP contribution in [0.4, 0.5) is 16.3 Å². The second-order valence-electron chi connectivity index (χ2n) is 5.94. The van der Waals surface area contributed by atoms with Crippen molar-refractivity contribution in [3.63, 3.8) is 0 Å². The summed E-state index contributed by atoms with van der Waals surface area (Å²) >= 11 is 0. The van der Waals surface area contributed by atoms with Crippen molar-refractivity contribution in [2.75, 3.05) is 16.8 Å². The Kier molecular flexibility index (Phi) is 4.12. The largest absolute Gasteiger partial charge is 0.327 e. The molecule has 2 amide bonds. The first kappa shape index (κ1) is 15.3. The maximum Gasteiger partial charge on any atom is 0.327 e. The number of aromatic amines is 1. The molecule has 4 rings (SSSR count). The van der Waals surface area contributed by atoms with Gasteiger partial charge in [0.1, 0.15) is 0 Å². The van der Waals surface area contributed by atoms with Crippen LogP contribution < -0.4 is 10.2 Å². The van der Waals surface area contributed by atoms with Crippen LogP contribution in [0.2, 0.25) is 0 Å². The fourth-order valence-corrected chi connectivity index (χ4v) is 2.95. The number of rotatable bonds is 2. The molecule has 1 aliphatic heterocycles. The van der Waals surface area contributed by atoms with E-state index in [4.69, 9.17) is 0 Å². The third kappa shape index (κ3) is 3.21. The minimum absolute atomic E-state index is 0. The van der Waals surface area contributed by atoms with Crippen molar-refractivity contribution < 1.29 is 7.65 Å². The number of H-pyrrole nitrogens is 1. The van der Waals surface area contributed by atoms with E-state index in [2.05, 4.69) is 31.5 Å². The third-order valence-electron chi connectivity index (χ3n) is 4.29. The quantitative estimate of drug-likeness (QED) is 0.745. The standard InChI is InChI=1S/C18H18N6O.2H2/c25-18-23-15-7-2-1-5-13(15)6-3-4-8-24(18)17-12-19-16(11-20-17)14-9-21-22-10-14;;/h1-2,5,7,9-12H,3-4,6,8H2,(H,21,22)(H,23,25);2*1H. The van der Waals surface area contributed by atoms with E-state index in [-0.39, 0.29) is 8.88 Å². The molecule has 2 N–H and O–H groups in total. The van der Waals surface area contributed by atoms with E-state index in [0.29, 0.717) is 18.1 Å². The predicted octanol–water partition coefficient (Wildman–Crippen LogP) is 3.73. The first-order valence-corrected chi connectivity index (χ1v) is 8.29. The molecule has 130 valence electrons. The van der Waals surface area contributed by atoms with Crippen LogP contribution in [0, 0.1) is 0 Å². The van der Waals surface area contributed by atoms with Crippen molar-refractivity contribution in [1.29, 1.82) is 0 Å². The number of hydrogen-bond acceptors (Lipinski definition) is 4. The Labute approximate surface area is 148 Å². The monoisotopic (exact) mass is 338 g/mol. The number of fused-ring (bicyclic) bond motifs is 1. The molecular weight excluding hydrogens is 316 g/mol. The van der Waals surface area contributed by atoms with Gasteiger partial charge in [0.2, 0.25) is 0 Å². The average Bonchev–Trinajstić information content (AvgIpc) is 3.19. The van der Waals surface area contributed by atoms with Crippen LogP contribution >= 0.6 is 0 Å². The molecule has 0 saturated heterocycles. The highest BCUT2D eigenvalue weighted by atomic mass is 16.2. The van der Waals surface area contributed by atoms with E-state index in [1.54, 1.807) is 29.7 Å². The van der Waals surface area contributed by atoms with Crippen LogP contribution in [0.25, 0.3) is 11.3 Å². The van der Waals surface area contributed by atoms with Crippen molar-refractivity contribution >= 4 is 17.5 Å². The zero-order valence-electron chi connectivity index (χ0n) is 13.6. The Hall–Kier alpha value is -3.22. The molecule has 7 nitrogen and oxygen atoms in total. The molecule has 1 aromatic carbocycles. The molecule has 3 aromatic rings. The summed E-state index contributed by atoms with van der Waals surface area (Å²) in [5.74, 6) is 0.545. The number of para-hydroxylation sites is 1. The normalized spacial score (nSPS) is 14.9. The van der Waals surface area contributed by atoms with E-state index >= 15 is 0 Å². The van der Waals surface area contributed by atoms with E-state index in [0.717, 1.165) is 30.5 Å². The number of benzene rings is 1. The van der Waals surface area contributed by atoms with Gasteiger partial charge < -0.3 is 5.32 Å². The van der Waals surface area contributed by atoms with E-state index < -0.39 is 0 Å². The molecule has 0 spiro atoms. The third-order valence-corrected chi connectivity index (χ3v) is 4.29. The van der Waals surface area contributed by atoms with Gasteiger partial charge in [-0.2, -0.15) is 5.10 Å². The summed E-state index contributed by atoms with van der Waals surface area (Å²) in [6, 6.07) is 7.75. The maximum absolute atomic E-state index is 12.7. The van der Waals surface area contributed by atoms with Crippen LogP contribution in [-0.4, -0.2) is 32.7 Å². The van der Waals surface area contributed by atoms with Crippen molar-refractivity contribution in [3.8, 4) is 11.3 Å². The highest BCUT2D eigenvalue weighted by molar-refractivity contribution is 6.01. The van der Waals surface area contributed by atoms with E-state index in [1.807, 2.05) is 18.2 Å². The Morgan fingerprint density at radius 3 is 2.80 bits per heavy atom. The van der Waals surface area contributed by atoms with Gasteiger partial charge >= 0.3 is 6.03 Å².